The first kappa shape index (κ1) is 25.5. The third-order valence-electron chi connectivity index (χ3n) is 6.28. The van der Waals surface area contributed by atoms with E-state index in [1.807, 2.05) is 60.3 Å². The molecule has 1 aliphatic carbocycles. The van der Waals surface area contributed by atoms with Crippen molar-refractivity contribution in [1.82, 2.24) is 14.3 Å². The highest BCUT2D eigenvalue weighted by atomic mass is 32.2. The molecule has 0 unspecified atom stereocenters. The van der Waals surface area contributed by atoms with E-state index in [1.165, 1.54) is 5.56 Å². The first-order chi connectivity index (χ1) is 18.1. The fourth-order valence-corrected chi connectivity index (χ4v) is 5.95. The van der Waals surface area contributed by atoms with Gasteiger partial charge < -0.3 is 4.90 Å². The second kappa shape index (κ2) is 9.60. The Labute approximate surface area is 223 Å². The van der Waals surface area contributed by atoms with Crippen LogP contribution >= 0.6 is 0 Å². The van der Waals surface area contributed by atoms with Crippen molar-refractivity contribution in [2.24, 2.45) is 0 Å². The first-order valence-corrected chi connectivity index (χ1v) is 13.8. The largest absolute Gasteiger partial charge is 0.369 e. The molecule has 0 amide bonds. The molecule has 0 bridgehead atoms. The highest BCUT2D eigenvalue weighted by Crippen LogP contribution is 2.38. The van der Waals surface area contributed by atoms with E-state index in [2.05, 4.69) is 27.8 Å². The van der Waals surface area contributed by atoms with Gasteiger partial charge in [-0.25, -0.2) is 18.1 Å². The average Bonchev–Trinajstić information content (AvgIpc) is 3.15. The molecule has 0 saturated carbocycles. The Morgan fingerprint density at radius 2 is 1.76 bits per heavy atom. The molecule has 4 aromatic rings. The van der Waals surface area contributed by atoms with Gasteiger partial charge in [-0.2, -0.15) is 5.26 Å². The van der Waals surface area contributed by atoms with E-state index in [9.17, 15) is 13.7 Å². The highest BCUT2D eigenvalue weighted by Gasteiger charge is 2.25. The smallest absolute Gasteiger partial charge is 0.241 e. The maximum atomic E-state index is 12.8. The first-order valence-electron chi connectivity index (χ1n) is 12.3. The van der Waals surface area contributed by atoms with Gasteiger partial charge in [0, 0.05) is 35.8 Å². The zero-order chi connectivity index (χ0) is 27.1. The number of fused-ring (bicyclic) bond motifs is 1. The van der Waals surface area contributed by atoms with E-state index in [1.54, 1.807) is 45.0 Å². The molecule has 0 fully saturated rings. The lowest BCUT2D eigenvalue weighted by atomic mass is 10.1. The van der Waals surface area contributed by atoms with Crippen LogP contribution in [-0.2, 0) is 16.6 Å². The summed E-state index contributed by atoms with van der Waals surface area (Å²) in [6.45, 7) is 6.11. The number of hydrogen-bond acceptors (Lipinski definition) is 5. The van der Waals surface area contributed by atoms with Gasteiger partial charge >= 0.3 is 0 Å². The standard InChI is InChI=1S/C30H29N5O2S/c1-30(2,3)33-38(36,37)25-15-13-22(14-16-25)28-27(18-31)26-17-24(34(4)20-21-9-6-5-7-10-21)19-32-29(26)35(28)23-11-8-12-23/h5-17,19,33H,20H2,1-4H3. The van der Waals surface area contributed by atoms with E-state index < -0.39 is 15.6 Å². The van der Waals surface area contributed by atoms with E-state index >= 15 is 0 Å². The van der Waals surface area contributed by atoms with Gasteiger partial charge in [0.05, 0.1) is 28.0 Å². The molecule has 2 aromatic heterocycles. The number of benzene rings is 2. The molecule has 7 nitrogen and oxygen atoms in total. The van der Waals surface area contributed by atoms with E-state index in [4.69, 9.17) is 4.98 Å². The van der Waals surface area contributed by atoms with Gasteiger partial charge in [-0.15, -0.1) is 0 Å². The van der Waals surface area contributed by atoms with Crippen molar-refractivity contribution in [1.29, 1.82) is 5.26 Å². The Morgan fingerprint density at radius 3 is 2.34 bits per heavy atom. The quantitative estimate of drug-likeness (QED) is 0.336. The van der Waals surface area contributed by atoms with Crippen molar-refractivity contribution < 1.29 is 8.42 Å². The number of nitriles is 1. The lowest BCUT2D eigenvalue weighted by molar-refractivity contribution is 0.491. The monoisotopic (exact) mass is 523 g/mol. The van der Waals surface area contributed by atoms with Crippen LogP contribution in [0.4, 0.5) is 5.69 Å². The van der Waals surface area contributed by atoms with Gasteiger partial charge in [0.25, 0.3) is 0 Å². The van der Waals surface area contributed by atoms with Gasteiger partial charge in [-0.1, -0.05) is 48.5 Å². The zero-order valence-corrected chi connectivity index (χ0v) is 22.6. The fourth-order valence-electron chi connectivity index (χ4n) is 4.53. The second-order valence-electron chi connectivity index (χ2n) is 10.4. The third kappa shape index (κ3) is 4.86. The van der Waals surface area contributed by atoms with Gasteiger partial charge in [0.1, 0.15) is 11.7 Å². The lowest BCUT2D eigenvalue weighted by Crippen LogP contribution is -2.40. The van der Waals surface area contributed by atoms with Gasteiger partial charge in [-0.3, -0.25) is 4.57 Å². The number of allylic oxidation sites excluding steroid dienone is 4. The predicted molar refractivity (Wildman–Crippen MR) is 152 cm³/mol. The Balaban J connectivity index is 1.60. The number of nitrogens with one attached hydrogen (secondary N) is 1. The number of nitrogens with zero attached hydrogens (tertiary/aromatic N) is 4. The minimum atomic E-state index is -3.68. The van der Waals surface area contributed by atoms with E-state index in [-0.39, 0.29) is 4.90 Å². The van der Waals surface area contributed by atoms with E-state index in [0.717, 1.165) is 22.3 Å². The Bertz CT molecular complexity index is 1720. The molecule has 38 heavy (non-hydrogen) atoms. The normalized spacial score (nSPS) is 13.2. The lowest BCUT2D eigenvalue weighted by Gasteiger charge is -2.20. The van der Waals surface area contributed by atoms with Crippen molar-refractivity contribution in [2.45, 2.75) is 37.8 Å². The number of pyridine rings is 1. The molecule has 5 rings (SSSR count). The van der Waals surface area contributed by atoms with Crippen LogP contribution in [0, 0.1) is 11.3 Å². The minimum absolute atomic E-state index is 0.169. The van der Waals surface area contributed by atoms with Crippen molar-refractivity contribution in [2.75, 3.05) is 11.9 Å². The topological polar surface area (TPSA) is 91.0 Å². The van der Waals surface area contributed by atoms with Crippen molar-refractivity contribution in [3.63, 3.8) is 0 Å². The zero-order valence-electron chi connectivity index (χ0n) is 21.8. The summed E-state index contributed by atoms with van der Waals surface area (Å²) in [6.07, 6.45) is 7.69. The van der Waals surface area contributed by atoms with Crippen LogP contribution in [0.15, 0.2) is 90.0 Å². The van der Waals surface area contributed by atoms with Crippen molar-refractivity contribution >= 4 is 32.4 Å². The molecule has 0 atom stereocenters. The molecule has 0 spiro atoms. The Morgan fingerprint density at radius 1 is 1.08 bits per heavy atom. The SMILES string of the molecule is CN(Cc1ccccc1)c1cnc2c(c1)c(C#N)c(-c1ccc(S(=O)(=O)NC(C)(C)C)cc1)n2C1=CC=C1. The van der Waals surface area contributed by atoms with Crippen LogP contribution in [0.2, 0.25) is 0 Å². The summed E-state index contributed by atoms with van der Waals surface area (Å²) >= 11 is 0. The van der Waals surface area contributed by atoms with Crippen LogP contribution < -0.4 is 9.62 Å². The Hall–Kier alpha value is -4.19. The summed E-state index contributed by atoms with van der Waals surface area (Å²) in [5, 5.41) is 11.0. The highest BCUT2D eigenvalue weighted by molar-refractivity contribution is 7.89. The summed E-state index contributed by atoms with van der Waals surface area (Å²) in [5.41, 5.74) is 4.97. The summed E-state index contributed by atoms with van der Waals surface area (Å²) in [4.78, 5) is 7.06. The third-order valence-corrected chi connectivity index (χ3v) is 8.05. The maximum absolute atomic E-state index is 12.8. The van der Waals surface area contributed by atoms with Gasteiger partial charge in [-0.05, 0) is 56.7 Å². The summed E-state index contributed by atoms with van der Waals surface area (Å²) in [7, 11) is -1.68. The molecule has 192 valence electrons. The molecule has 1 aliphatic rings. The summed E-state index contributed by atoms with van der Waals surface area (Å²) in [6, 6.07) is 21.2. The molecule has 2 heterocycles. The number of hydrogen-bond donors (Lipinski definition) is 1. The predicted octanol–water partition coefficient (Wildman–Crippen LogP) is 5.70. The summed E-state index contributed by atoms with van der Waals surface area (Å²) in [5.74, 6) is 0. The number of rotatable bonds is 7. The molecule has 2 aromatic carbocycles. The van der Waals surface area contributed by atoms with E-state index in [0.29, 0.717) is 23.4 Å². The van der Waals surface area contributed by atoms with Crippen LogP contribution in [0.25, 0.3) is 28.0 Å². The molecule has 0 saturated heterocycles. The van der Waals surface area contributed by atoms with Gasteiger partial charge in [0.2, 0.25) is 10.0 Å². The Kier molecular flexibility index (Phi) is 6.43. The minimum Gasteiger partial charge on any atom is -0.369 e. The second-order valence-corrected chi connectivity index (χ2v) is 12.1. The average molecular weight is 524 g/mol. The maximum Gasteiger partial charge on any atom is 0.241 e. The van der Waals surface area contributed by atoms with Crippen LogP contribution in [0.5, 0.6) is 0 Å². The van der Waals surface area contributed by atoms with Crippen molar-refractivity contribution in [3.05, 3.63) is 96.2 Å². The number of aromatic nitrogens is 2. The molecule has 0 aliphatic heterocycles. The number of sulfonamides is 1. The molecule has 0 radical (unpaired) electrons. The molecular weight excluding hydrogens is 494 g/mol. The molecule has 8 heteroatoms. The van der Waals surface area contributed by atoms with Crippen LogP contribution in [0.1, 0.15) is 31.9 Å². The van der Waals surface area contributed by atoms with Gasteiger partial charge in [0.15, 0.2) is 0 Å². The van der Waals surface area contributed by atoms with Crippen LogP contribution in [-0.4, -0.2) is 30.6 Å². The summed E-state index contributed by atoms with van der Waals surface area (Å²) < 4.78 is 30.3. The fraction of sp³-hybridized carbons (Fsp3) is 0.200. The molecule has 1 N–H and O–H groups in total. The van der Waals surface area contributed by atoms with Crippen molar-refractivity contribution in [3.8, 4) is 17.3 Å². The number of anilines is 1. The van der Waals surface area contributed by atoms with Crippen LogP contribution in [0.3, 0.4) is 0 Å². The molecular formula is C30H29N5O2S.